The molecule has 0 bridgehead atoms. The zero-order valence-corrected chi connectivity index (χ0v) is 12.6. The van der Waals surface area contributed by atoms with Crippen LogP contribution in [0.25, 0.3) is 0 Å². The van der Waals surface area contributed by atoms with Crippen LogP contribution in [0.1, 0.15) is 37.6 Å². The Morgan fingerprint density at radius 1 is 1.56 bits per heavy atom. The van der Waals surface area contributed by atoms with Crippen molar-refractivity contribution in [2.45, 2.75) is 45.2 Å². The molecule has 18 heavy (non-hydrogen) atoms. The van der Waals surface area contributed by atoms with Crippen LogP contribution >= 0.6 is 22.9 Å². The Kier molecular flexibility index (Phi) is 5.89. The minimum Gasteiger partial charge on any atom is -0.310 e. The van der Waals surface area contributed by atoms with Crippen LogP contribution in [0.4, 0.5) is 0 Å². The Labute approximate surface area is 119 Å². The van der Waals surface area contributed by atoms with E-state index in [1.54, 1.807) is 17.5 Å². The number of halogens is 1. The number of nitrogens with one attached hydrogen (secondary N) is 1. The second-order valence-corrected chi connectivity index (χ2v) is 6.72. The van der Waals surface area contributed by atoms with Crippen molar-refractivity contribution < 1.29 is 0 Å². The van der Waals surface area contributed by atoms with Gasteiger partial charge in [-0.15, -0.1) is 11.3 Å². The highest BCUT2D eigenvalue weighted by Crippen LogP contribution is 2.18. The fourth-order valence-corrected chi connectivity index (χ4v) is 3.39. The Hall–Kier alpha value is -0.160. The predicted octanol–water partition coefficient (Wildman–Crippen LogP) is 3.15. The van der Waals surface area contributed by atoms with Crippen molar-refractivity contribution >= 4 is 22.9 Å². The van der Waals surface area contributed by atoms with Gasteiger partial charge in [-0.25, -0.2) is 4.98 Å². The molecule has 1 aliphatic rings. The molecule has 0 aromatic carbocycles. The van der Waals surface area contributed by atoms with E-state index in [2.05, 4.69) is 22.1 Å². The van der Waals surface area contributed by atoms with Crippen molar-refractivity contribution in [2.75, 3.05) is 19.6 Å². The molecule has 1 aromatic heterocycles. The summed E-state index contributed by atoms with van der Waals surface area (Å²) in [6.07, 6.45) is 7.07. The highest BCUT2D eigenvalue weighted by molar-refractivity contribution is 7.15. The first-order valence-electron chi connectivity index (χ1n) is 6.80. The molecule has 2 heterocycles. The molecule has 3 nitrogen and oxygen atoms in total. The number of thiazole rings is 1. The lowest BCUT2D eigenvalue weighted by Gasteiger charge is -2.33. The fourth-order valence-electron chi connectivity index (χ4n) is 2.46. The number of hydrogen-bond acceptors (Lipinski definition) is 4. The summed E-state index contributed by atoms with van der Waals surface area (Å²) in [5.41, 5.74) is 0. The second-order valence-electron chi connectivity index (χ2n) is 4.97. The number of hydrogen-bond donors (Lipinski definition) is 1. The lowest BCUT2D eigenvalue weighted by atomic mass is 10.0. The summed E-state index contributed by atoms with van der Waals surface area (Å²) in [5, 5.41) is 4.51. The number of rotatable bonds is 6. The Morgan fingerprint density at radius 2 is 2.44 bits per heavy atom. The molecule has 1 unspecified atom stereocenters. The third-order valence-electron chi connectivity index (χ3n) is 3.54. The van der Waals surface area contributed by atoms with Gasteiger partial charge in [-0.2, -0.15) is 0 Å². The first kappa shape index (κ1) is 14.3. The molecule has 0 aliphatic carbocycles. The van der Waals surface area contributed by atoms with Gasteiger partial charge in [-0.1, -0.05) is 18.0 Å². The summed E-state index contributed by atoms with van der Waals surface area (Å²) in [5.74, 6) is 0. The normalized spacial score (nSPS) is 21.3. The van der Waals surface area contributed by atoms with E-state index in [1.807, 2.05) is 0 Å². The monoisotopic (exact) mass is 287 g/mol. The molecule has 0 radical (unpaired) electrons. The molecule has 1 atom stereocenters. The average molecular weight is 288 g/mol. The molecule has 1 aromatic rings. The quantitative estimate of drug-likeness (QED) is 0.815. The summed E-state index contributed by atoms with van der Waals surface area (Å²) >= 11 is 7.40. The molecule has 1 saturated heterocycles. The van der Waals surface area contributed by atoms with Crippen molar-refractivity contribution in [2.24, 2.45) is 0 Å². The Balaban J connectivity index is 1.55. The first-order chi connectivity index (χ1) is 8.75. The van der Waals surface area contributed by atoms with Gasteiger partial charge in [0.05, 0.1) is 6.20 Å². The lowest BCUT2D eigenvalue weighted by molar-refractivity contribution is 0.159. The van der Waals surface area contributed by atoms with Gasteiger partial charge >= 0.3 is 0 Å². The van der Waals surface area contributed by atoms with Crippen molar-refractivity contribution in [3.05, 3.63) is 15.5 Å². The summed E-state index contributed by atoms with van der Waals surface area (Å²) in [6.45, 7) is 6.74. The second kappa shape index (κ2) is 7.43. The van der Waals surface area contributed by atoms with Gasteiger partial charge < -0.3 is 10.2 Å². The van der Waals surface area contributed by atoms with E-state index in [1.165, 1.54) is 38.8 Å². The molecular weight excluding hydrogens is 266 g/mol. The molecule has 1 N–H and O–H groups in total. The molecule has 0 amide bonds. The minimum atomic E-state index is 0.772. The smallest absolute Gasteiger partial charge is 0.113 e. The van der Waals surface area contributed by atoms with Crippen LogP contribution < -0.4 is 5.32 Å². The number of likely N-dealkylation sites (tertiary alicyclic amines) is 1. The highest BCUT2D eigenvalue weighted by Gasteiger charge is 2.16. The third kappa shape index (κ3) is 4.50. The largest absolute Gasteiger partial charge is 0.310 e. The number of nitrogens with zero attached hydrogens (tertiary/aromatic N) is 2. The van der Waals surface area contributed by atoms with Crippen LogP contribution in [0.2, 0.25) is 4.34 Å². The summed E-state index contributed by atoms with van der Waals surface area (Å²) < 4.78 is 0.772. The molecule has 5 heteroatoms. The zero-order valence-electron chi connectivity index (χ0n) is 11.0. The topological polar surface area (TPSA) is 28.2 Å². The van der Waals surface area contributed by atoms with Crippen LogP contribution in [-0.4, -0.2) is 35.6 Å². The standard InChI is InChI=1S/C13H22ClN3S/c1-11-5-2-3-7-17(11)8-4-6-15-10-13-16-9-12(14)18-13/h9,11,15H,2-8,10H2,1H3. The number of piperidine rings is 1. The van der Waals surface area contributed by atoms with Gasteiger partial charge in [-0.3, -0.25) is 0 Å². The van der Waals surface area contributed by atoms with Crippen LogP contribution in [0.3, 0.4) is 0 Å². The fraction of sp³-hybridized carbons (Fsp3) is 0.769. The van der Waals surface area contributed by atoms with E-state index < -0.39 is 0 Å². The van der Waals surface area contributed by atoms with Gasteiger partial charge in [-0.05, 0) is 45.8 Å². The lowest BCUT2D eigenvalue weighted by Crippen LogP contribution is -2.38. The van der Waals surface area contributed by atoms with Gasteiger partial charge in [0.25, 0.3) is 0 Å². The summed E-state index contributed by atoms with van der Waals surface area (Å²) in [6, 6.07) is 0.775. The Morgan fingerprint density at radius 3 is 3.17 bits per heavy atom. The molecule has 0 spiro atoms. The van der Waals surface area contributed by atoms with Gasteiger partial charge in [0.15, 0.2) is 0 Å². The van der Waals surface area contributed by atoms with Crippen LogP contribution in [0.15, 0.2) is 6.20 Å². The predicted molar refractivity (Wildman–Crippen MR) is 78.3 cm³/mol. The molecule has 2 rings (SSSR count). The average Bonchev–Trinajstić information content (AvgIpc) is 2.77. The maximum absolute atomic E-state index is 5.84. The minimum absolute atomic E-state index is 0.772. The van der Waals surface area contributed by atoms with Crippen molar-refractivity contribution in [3.63, 3.8) is 0 Å². The van der Waals surface area contributed by atoms with Crippen molar-refractivity contribution in [3.8, 4) is 0 Å². The van der Waals surface area contributed by atoms with Crippen LogP contribution in [0, 0.1) is 0 Å². The maximum Gasteiger partial charge on any atom is 0.113 e. The molecule has 0 saturated carbocycles. The van der Waals surface area contributed by atoms with Gasteiger partial charge in [0, 0.05) is 12.6 Å². The maximum atomic E-state index is 5.84. The van der Waals surface area contributed by atoms with E-state index in [0.717, 1.165) is 28.5 Å². The molecule has 1 fully saturated rings. The van der Waals surface area contributed by atoms with E-state index in [9.17, 15) is 0 Å². The van der Waals surface area contributed by atoms with Crippen molar-refractivity contribution in [1.82, 2.24) is 15.2 Å². The van der Waals surface area contributed by atoms with Crippen molar-refractivity contribution in [1.29, 1.82) is 0 Å². The SMILES string of the molecule is CC1CCCCN1CCCNCc1ncc(Cl)s1. The summed E-state index contributed by atoms with van der Waals surface area (Å²) in [7, 11) is 0. The van der Waals surface area contributed by atoms with Gasteiger partial charge in [0.2, 0.25) is 0 Å². The first-order valence-corrected chi connectivity index (χ1v) is 8.00. The van der Waals surface area contributed by atoms with Crippen LogP contribution in [-0.2, 0) is 6.54 Å². The third-order valence-corrected chi connectivity index (χ3v) is 4.66. The van der Waals surface area contributed by atoms with E-state index in [0.29, 0.717) is 0 Å². The van der Waals surface area contributed by atoms with Gasteiger partial charge in [0.1, 0.15) is 9.34 Å². The molecular formula is C13H22ClN3S. The summed E-state index contributed by atoms with van der Waals surface area (Å²) in [4.78, 5) is 6.85. The van der Waals surface area contributed by atoms with E-state index >= 15 is 0 Å². The number of aromatic nitrogens is 1. The van der Waals surface area contributed by atoms with E-state index in [4.69, 9.17) is 11.6 Å². The Bertz CT molecular complexity index is 356. The van der Waals surface area contributed by atoms with Crippen LogP contribution in [0.5, 0.6) is 0 Å². The molecule has 1 aliphatic heterocycles. The van der Waals surface area contributed by atoms with E-state index in [-0.39, 0.29) is 0 Å². The highest BCUT2D eigenvalue weighted by atomic mass is 35.5. The zero-order chi connectivity index (χ0) is 12.8. The molecule has 102 valence electrons.